The van der Waals surface area contributed by atoms with Crippen molar-refractivity contribution in [3.8, 4) is 0 Å². The van der Waals surface area contributed by atoms with Crippen molar-refractivity contribution in [3.05, 3.63) is 53.7 Å². The van der Waals surface area contributed by atoms with Gasteiger partial charge in [-0.2, -0.15) is 0 Å². The van der Waals surface area contributed by atoms with E-state index in [4.69, 9.17) is 9.15 Å². The lowest BCUT2D eigenvalue weighted by molar-refractivity contribution is -0.135. The molecule has 0 aromatic carbocycles. The summed E-state index contributed by atoms with van der Waals surface area (Å²) in [5.74, 6) is 0.802. The monoisotopic (exact) mass is 340 g/mol. The fraction of sp³-hybridized carbons (Fsp3) is 0.500. The van der Waals surface area contributed by atoms with Crippen LogP contribution in [0.4, 0.5) is 0 Å². The number of ether oxygens (including phenoxy) is 1. The molecule has 0 unspecified atom stereocenters. The van der Waals surface area contributed by atoms with Gasteiger partial charge in [0, 0.05) is 19.3 Å². The average Bonchev–Trinajstić information content (AvgIpc) is 3.34. The summed E-state index contributed by atoms with van der Waals surface area (Å²) in [7, 11) is 0. The van der Waals surface area contributed by atoms with Gasteiger partial charge in [-0.25, -0.2) is 0 Å². The first-order chi connectivity index (χ1) is 12.3. The molecular weight excluding hydrogens is 316 g/mol. The molecule has 0 saturated carbocycles. The van der Waals surface area contributed by atoms with Gasteiger partial charge in [0.1, 0.15) is 5.76 Å². The standard InChI is InChI=1S/C20H24N2O3/c23-20(18-9-1-5-15-6-2-10-21-19(15)18)22(13-16-7-3-11-24-16)14-17-8-4-12-25-17/h2-3,6-7,10-11,17-18H,1,4-5,8-9,12-14H2/t17-,18-/m0/s1. The first-order valence-corrected chi connectivity index (χ1v) is 9.18. The molecular formula is C20H24N2O3. The summed E-state index contributed by atoms with van der Waals surface area (Å²) in [4.78, 5) is 19.8. The molecule has 132 valence electrons. The number of nitrogens with zero attached hydrogens (tertiary/aromatic N) is 2. The van der Waals surface area contributed by atoms with E-state index in [0.717, 1.165) is 50.2 Å². The number of amides is 1. The maximum absolute atomic E-state index is 13.4. The summed E-state index contributed by atoms with van der Waals surface area (Å²) in [6.45, 7) is 1.91. The molecule has 2 atom stereocenters. The molecule has 0 bridgehead atoms. The van der Waals surface area contributed by atoms with E-state index < -0.39 is 0 Å². The van der Waals surface area contributed by atoms with Crippen LogP contribution < -0.4 is 0 Å². The third kappa shape index (κ3) is 3.61. The van der Waals surface area contributed by atoms with Crippen LogP contribution in [0, 0.1) is 0 Å². The lowest BCUT2D eigenvalue weighted by Crippen LogP contribution is -2.40. The van der Waals surface area contributed by atoms with Gasteiger partial charge in [-0.05, 0) is 55.9 Å². The second-order valence-corrected chi connectivity index (χ2v) is 6.93. The van der Waals surface area contributed by atoms with Gasteiger partial charge in [0.05, 0.1) is 30.5 Å². The van der Waals surface area contributed by atoms with Crippen molar-refractivity contribution in [1.82, 2.24) is 9.88 Å². The highest BCUT2D eigenvalue weighted by Crippen LogP contribution is 2.32. The van der Waals surface area contributed by atoms with E-state index in [9.17, 15) is 4.79 Å². The number of furan rings is 1. The maximum Gasteiger partial charge on any atom is 0.232 e. The SMILES string of the molecule is O=C([C@H]1CCCc2cccnc21)N(Cc1ccco1)C[C@@H]1CCCO1. The van der Waals surface area contributed by atoms with Gasteiger partial charge in [0.15, 0.2) is 0 Å². The molecule has 25 heavy (non-hydrogen) atoms. The quantitative estimate of drug-likeness (QED) is 0.838. The van der Waals surface area contributed by atoms with Gasteiger partial charge in [-0.1, -0.05) is 6.07 Å². The van der Waals surface area contributed by atoms with E-state index in [0.29, 0.717) is 13.1 Å². The number of carbonyl (C=O) groups is 1. The molecule has 1 fully saturated rings. The minimum atomic E-state index is -0.152. The number of aryl methyl sites for hydroxylation is 1. The summed E-state index contributed by atoms with van der Waals surface area (Å²) in [6.07, 6.45) is 8.57. The predicted octanol–water partition coefficient (Wildman–Crippen LogP) is 3.30. The van der Waals surface area contributed by atoms with Crippen LogP contribution in [0.2, 0.25) is 0 Å². The Kier molecular flexibility index (Phi) is 4.83. The van der Waals surface area contributed by atoms with E-state index in [2.05, 4.69) is 11.1 Å². The molecule has 0 spiro atoms. The summed E-state index contributed by atoms with van der Waals surface area (Å²) in [5, 5.41) is 0. The second kappa shape index (κ2) is 7.40. The molecule has 4 rings (SSSR count). The number of rotatable bonds is 5. The molecule has 0 radical (unpaired) electrons. The molecule has 1 aliphatic heterocycles. The van der Waals surface area contributed by atoms with Crippen molar-refractivity contribution in [2.45, 2.75) is 50.7 Å². The Morgan fingerprint density at radius 3 is 3.00 bits per heavy atom. The molecule has 2 aromatic rings. The molecule has 0 N–H and O–H groups in total. The van der Waals surface area contributed by atoms with Crippen LogP contribution in [0.5, 0.6) is 0 Å². The van der Waals surface area contributed by atoms with Crippen LogP contribution in [-0.4, -0.2) is 35.0 Å². The fourth-order valence-electron chi connectivity index (χ4n) is 3.93. The number of fused-ring (bicyclic) bond motifs is 1. The predicted molar refractivity (Wildman–Crippen MR) is 93.0 cm³/mol. The normalized spacial score (nSPS) is 22.6. The fourth-order valence-corrected chi connectivity index (χ4v) is 3.93. The topological polar surface area (TPSA) is 55.6 Å². The van der Waals surface area contributed by atoms with Gasteiger partial charge in [-0.3, -0.25) is 9.78 Å². The first-order valence-electron chi connectivity index (χ1n) is 9.18. The molecule has 3 heterocycles. The largest absolute Gasteiger partial charge is 0.467 e. The van der Waals surface area contributed by atoms with Gasteiger partial charge in [-0.15, -0.1) is 0 Å². The third-order valence-corrected chi connectivity index (χ3v) is 5.18. The zero-order chi connectivity index (χ0) is 17.1. The van der Waals surface area contributed by atoms with Crippen molar-refractivity contribution in [2.75, 3.05) is 13.2 Å². The van der Waals surface area contributed by atoms with Crippen molar-refractivity contribution >= 4 is 5.91 Å². The zero-order valence-electron chi connectivity index (χ0n) is 14.4. The average molecular weight is 340 g/mol. The van der Waals surface area contributed by atoms with Gasteiger partial charge < -0.3 is 14.1 Å². The lowest BCUT2D eigenvalue weighted by atomic mass is 9.85. The van der Waals surface area contributed by atoms with E-state index in [1.807, 2.05) is 23.1 Å². The summed E-state index contributed by atoms with van der Waals surface area (Å²) in [5.41, 5.74) is 2.16. The molecule has 2 aliphatic rings. The maximum atomic E-state index is 13.4. The van der Waals surface area contributed by atoms with Crippen LogP contribution in [0.1, 0.15) is 48.6 Å². The first kappa shape index (κ1) is 16.3. The minimum Gasteiger partial charge on any atom is -0.467 e. The minimum absolute atomic E-state index is 0.130. The van der Waals surface area contributed by atoms with E-state index in [-0.39, 0.29) is 17.9 Å². The van der Waals surface area contributed by atoms with Gasteiger partial charge >= 0.3 is 0 Å². The highest BCUT2D eigenvalue weighted by Gasteiger charge is 2.33. The molecule has 1 aliphatic carbocycles. The highest BCUT2D eigenvalue weighted by atomic mass is 16.5. The second-order valence-electron chi connectivity index (χ2n) is 6.93. The smallest absolute Gasteiger partial charge is 0.232 e. The van der Waals surface area contributed by atoms with Crippen molar-refractivity contribution < 1.29 is 13.9 Å². The molecule has 1 amide bonds. The molecule has 1 saturated heterocycles. The Hall–Kier alpha value is -2.14. The lowest BCUT2D eigenvalue weighted by Gasteiger charge is -2.31. The molecule has 5 heteroatoms. The van der Waals surface area contributed by atoms with Crippen molar-refractivity contribution in [1.29, 1.82) is 0 Å². The zero-order valence-corrected chi connectivity index (χ0v) is 14.4. The van der Waals surface area contributed by atoms with E-state index >= 15 is 0 Å². The van der Waals surface area contributed by atoms with E-state index in [1.54, 1.807) is 12.5 Å². The number of hydrogen-bond acceptors (Lipinski definition) is 4. The molecule has 5 nitrogen and oxygen atoms in total. The van der Waals surface area contributed by atoms with Gasteiger partial charge in [0.25, 0.3) is 0 Å². The van der Waals surface area contributed by atoms with Crippen LogP contribution in [0.15, 0.2) is 41.1 Å². The number of hydrogen-bond donors (Lipinski definition) is 0. The number of aromatic nitrogens is 1. The van der Waals surface area contributed by atoms with Crippen molar-refractivity contribution in [3.63, 3.8) is 0 Å². The van der Waals surface area contributed by atoms with Crippen molar-refractivity contribution in [2.24, 2.45) is 0 Å². The third-order valence-electron chi connectivity index (χ3n) is 5.18. The van der Waals surface area contributed by atoms with Crippen LogP contribution in [0.25, 0.3) is 0 Å². The summed E-state index contributed by atoms with van der Waals surface area (Å²) < 4.78 is 11.3. The van der Waals surface area contributed by atoms with Gasteiger partial charge in [0.2, 0.25) is 5.91 Å². The number of pyridine rings is 1. The Morgan fingerprint density at radius 2 is 2.20 bits per heavy atom. The Balaban J connectivity index is 1.56. The Bertz CT molecular complexity index is 707. The molecule has 2 aromatic heterocycles. The Labute approximate surface area is 148 Å². The van der Waals surface area contributed by atoms with E-state index in [1.165, 1.54) is 5.56 Å². The van der Waals surface area contributed by atoms with Crippen LogP contribution >= 0.6 is 0 Å². The number of carbonyl (C=O) groups excluding carboxylic acids is 1. The van der Waals surface area contributed by atoms with Crippen LogP contribution in [0.3, 0.4) is 0 Å². The summed E-state index contributed by atoms with van der Waals surface area (Å²) in [6, 6.07) is 7.84. The highest BCUT2D eigenvalue weighted by molar-refractivity contribution is 5.84. The van der Waals surface area contributed by atoms with Crippen LogP contribution in [-0.2, 0) is 22.5 Å². The Morgan fingerprint density at radius 1 is 1.24 bits per heavy atom. The summed E-state index contributed by atoms with van der Waals surface area (Å²) >= 11 is 0.